The summed E-state index contributed by atoms with van der Waals surface area (Å²) in [4.78, 5) is 0. The third-order valence-corrected chi connectivity index (χ3v) is 3.85. The highest BCUT2D eigenvalue weighted by Crippen LogP contribution is 2.13. The van der Waals surface area contributed by atoms with Gasteiger partial charge in [-0.15, -0.1) is 0 Å². The lowest BCUT2D eigenvalue weighted by molar-refractivity contribution is 0.558. The first-order valence-electron chi connectivity index (χ1n) is 5.55. The summed E-state index contributed by atoms with van der Waals surface area (Å²) in [6.07, 6.45) is 2.56. The number of rotatable bonds is 8. The van der Waals surface area contributed by atoms with Gasteiger partial charge in [0.15, 0.2) is 0 Å². The maximum absolute atomic E-state index is 3.50. The third kappa shape index (κ3) is 7.39. The molecule has 80 valence electrons. The molecule has 0 radical (unpaired) electrons. The van der Waals surface area contributed by atoms with Crippen LogP contribution in [0.5, 0.6) is 0 Å². The van der Waals surface area contributed by atoms with Crippen molar-refractivity contribution in [3.63, 3.8) is 0 Å². The summed E-state index contributed by atoms with van der Waals surface area (Å²) in [5.41, 5.74) is 0. The van der Waals surface area contributed by atoms with Crippen LogP contribution < -0.4 is 5.32 Å². The summed E-state index contributed by atoms with van der Waals surface area (Å²) >= 11 is 2.10. The molecule has 0 rings (SSSR count). The van der Waals surface area contributed by atoms with Gasteiger partial charge in [0.1, 0.15) is 0 Å². The highest BCUT2D eigenvalue weighted by Gasteiger charge is 2.05. The first-order chi connectivity index (χ1) is 6.24. The van der Waals surface area contributed by atoms with Gasteiger partial charge in [-0.1, -0.05) is 34.1 Å². The zero-order chi connectivity index (χ0) is 10.1. The molecule has 0 aromatic rings. The highest BCUT2D eigenvalue weighted by molar-refractivity contribution is 7.99. The molecule has 0 fully saturated rings. The van der Waals surface area contributed by atoms with Crippen molar-refractivity contribution in [3.05, 3.63) is 0 Å². The van der Waals surface area contributed by atoms with Crippen LogP contribution in [-0.2, 0) is 0 Å². The lowest BCUT2D eigenvalue weighted by Crippen LogP contribution is -2.30. The van der Waals surface area contributed by atoms with Gasteiger partial charge >= 0.3 is 0 Å². The van der Waals surface area contributed by atoms with Crippen LogP contribution >= 0.6 is 11.8 Å². The topological polar surface area (TPSA) is 12.0 Å². The molecule has 0 heterocycles. The van der Waals surface area contributed by atoms with Crippen LogP contribution in [0.2, 0.25) is 0 Å². The van der Waals surface area contributed by atoms with Crippen molar-refractivity contribution in [2.45, 2.75) is 46.6 Å². The third-order valence-electron chi connectivity index (χ3n) is 2.40. The molecule has 0 saturated carbocycles. The molecule has 1 N–H and O–H groups in total. The summed E-state index contributed by atoms with van der Waals surface area (Å²) in [7, 11) is 0. The monoisotopic (exact) mass is 203 g/mol. The van der Waals surface area contributed by atoms with E-state index in [4.69, 9.17) is 0 Å². The van der Waals surface area contributed by atoms with Crippen LogP contribution in [0.3, 0.4) is 0 Å². The van der Waals surface area contributed by atoms with Gasteiger partial charge in [-0.2, -0.15) is 11.8 Å². The summed E-state index contributed by atoms with van der Waals surface area (Å²) < 4.78 is 0. The fourth-order valence-electron chi connectivity index (χ4n) is 1.14. The highest BCUT2D eigenvalue weighted by atomic mass is 32.2. The van der Waals surface area contributed by atoms with Crippen LogP contribution in [0, 0.1) is 5.92 Å². The second kappa shape index (κ2) is 8.89. The maximum atomic E-state index is 3.50. The Balaban J connectivity index is 3.37. The first-order valence-corrected chi connectivity index (χ1v) is 6.71. The Morgan fingerprint density at radius 3 is 2.23 bits per heavy atom. The first kappa shape index (κ1) is 13.3. The number of thioether (sulfide) groups is 1. The molecule has 0 saturated heterocycles. The quantitative estimate of drug-likeness (QED) is 0.650. The minimum Gasteiger partial charge on any atom is -0.313 e. The standard InChI is InChI=1S/C11H25NS/c1-5-10(4)8-13-9-11(6-2)12-7-3/h10-12H,5-9H2,1-4H3. The number of hydrogen-bond donors (Lipinski definition) is 1. The molecule has 0 bridgehead atoms. The molecule has 2 atom stereocenters. The summed E-state index contributed by atoms with van der Waals surface area (Å²) in [5.74, 6) is 3.47. The molecule has 0 aromatic heterocycles. The van der Waals surface area contributed by atoms with Crippen LogP contribution in [0.1, 0.15) is 40.5 Å². The van der Waals surface area contributed by atoms with Crippen LogP contribution in [0.4, 0.5) is 0 Å². The SMILES string of the molecule is CCNC(CC)CSCC(C)CC. The van der Waals surface area contributed by atoms with Gasteiger partial charge in [-0.05, 0) is 24.6 Å². The van der Waals surface area contributed by atoms with E-state index < -0.39 is 0 Å². The molecular formula is C11H25NS. The molecular weight excluding hydrogens is 178 g/mol. The van der Waals surface area contributed by atoms with Gasteiger partial charge in [0.05, 0.1) is 0 Å². The average Bonchev–Trinajstić information content (AvgIpc) is 2.16. The van der Waals surface area contributed by atoms with Gasteiger partial charge in [0, 0.05) is 11.8 Å². The molecule has 0 aliphatic rings. The normalized spacial score (nSPS) is 15.7. The molecule has 2 heteroatoms. The Labute approximate surface area is 88.1 Å². The van der Waals surface area contributed by atoms with E-state index in [1.165, 1.54) is 24.3 Å². The van der Waals surface area contributed by atoms with E-state index in [0.717, 1.165) is 18.5 Å². The van der Waals surface area contributed by atoms with Crippen LogP contribution in [0.25, 0.3) is 0 Å². The summed E-state index contributed by atoms with van der Waals surface area (Å²) in [6.45, 7) is 10.1. The maximum Gasteiger partial charge on any atom is 0.0155 e. The van der Waals surface area contributed by atoms with E-state index in [1.807, 2.05) is 0 Å². The number of hydrogen-bond acceptors (Lipinski definition) is 2. The van der Waals surface area contributed by atoms with Gasteiger partial charge < -0.3 is 5.32 Å². The molecule has 0 aliphatic heterocycles. The molecule has 0 aliphatic carbocycles. The van der Waals surface area contributed by atoms with Crippen molar-refractivity contribution in [3.8, 4) is 0 Å². The zero-order valence-corrected chi connectivity index (χ0v) is 10.4. The van der Waals surface area contributed by atoms with Gasteiger partial charge in [0.25, 0.3) is 0 Å². The summed E-state index contributed by atoms with van der Waals surface area (Å²) in [6, 6.07) is 0.721. The van der Waals surface area contributed by atoms with E-state index in [-0.39, 0.29) is 0 Å². The minimum absolute atomic E-state index is 0.721. The Morgan fingerprint density at radius 1 is 1.08 bits per heavy atom. The lowest BCUT2D eigenvalue weighted by atomic mass is 10.2. The lowest BCUT2D eigenvalue weighted by Gasteiger charge is -2.16. The smallest absolute Gasteiger partial charge is 0.0155 e. The Morgan fingerprint density at radius 2 is 1.77 bits per heavy atom. The average molecular weight is 203 g/mol. The van der Waals surface area contributed by atoms with Crippen molar-refractivity contribution in [2.24, 2.45) is 5.92 Å². The Kier molecular flexibility index (Phi) is 9.10. The molecule has 0 amide bonds. The van der Waals surface area contributed by atoms with Gasteiger partial charge in [0.2, 0.25) is 0 Å². The number of nitrogens with one attached hydrogen (secondary N) is 1. The van der Waals surface area contributed by atoms with Crippen molar-refractivity contribution in [1.82, 2.24) is 5.32 Å². The fraction of sp³-hybridized carbons (Fsp3) is 1.00. The van der Waals surface area contributed by atoms with Crippen LogP contribution in [0.15, 0.2) is 0 Å². The van der Waals surface area contributed by atoms with E-state index in [0.29, 0.717) is 0 Å². The summed E-state index contributed by atoms with van der Waals surface area (Å²) in [5, 5.41) is 3.50. The van der Waals surface area contributed by atoms with Gasteiger partial charge in [-0.25, -0.2) is 0 Å². The van der Waals surface area contributed by atoms with E-state index in [2.05, 4.69) is 44.8 Å². The second-order valence-corrected chi connectivity index (χ2v) is 4.79. The Hall–Kier alpha value is 0.310. The minimum atomic E-state index is 0.721. The van der Waals surface area contributed by atoms with Crippen molar-refractivity contribution in [1.29, 1.82) is 0 Å². The second-order valence-electron chi connectivity index (χ2n) is 3.71. The zero-order valence-electron chi connectivity index (χ0n) is 9.60. The molecule has 0 aromatic carbocycles. The van der Waals surface area contributed by atoms with Crippen molar-refractivity contribution >= 4 is 11.8 Å². The molecule has 1 nitrogen and oxygen atoms in total. The van der Waals surface area contributed by atoms with E-state index in [1.54, 1.807) is 0 Å². The molecule has 13 heavy (non-hydrogen) atoms. The van der Waals surface area contributed by atoms with E-state index >= 15 is 0 Å². The van der Waals surface area contributed by atoms with Crippen molar-refractivity contribution in [2.75, 3.05) is 18.1 Å². The predicted octanol–water partition coefficient (Wildman–Crippen LogP) is 3.15. The Bertz CT molecular complexity index is 106. The van der Waals surface area contributed by atoms with Gasteiger partial charge in [-0.3, -0.25) is 0 Å². The van der Waals surface area contributed by atoms with E-state index in [9.17, 15) is 0 Å². The fourth-order valence-corrected chi connectivity index (χ4v) is 2.55. The predicted molar refractivity (Wildman–Crippen MR) is 64.5 cm³/mol. The van der Waals surface area contributed by atoms with Crippen LogP contribution in [-0.4, -0.2) is 24.1 Å². The van der Waals surface area contributed by atoms with Crippen molar-refractivity contribution < 1.29 is 0 Å². The largest absolute Gasteiger partial charge is 0.313 e. The molecule has 2 unspecified atom stereocenters. The molecule has 0 spiro atoms.